The number of halogens is 1. The van der Waals surface area contributed by atoms with E-state index in [2.05, 4.69) is 34.1 Å². The van der Waals surface area contributed by atoms with Crippen molar-refractivity contribution in [1.29, 1.82) is 0 Å². The third-order valence-electron chi connectivity index (χ3n) is 7.21. The second-order valence-electron chi connectivity index (χ2n) is 8.92. The predicted octanol–water partition coefficient (Wildman–Crippen LogP) is 6.52. The van der Waals surface area contributed by atoms with Crippen LogP contribution in [0, 0.1) is 5.92 Å². The molecule has 1 saturated carbocycles. The molecular weight excluding hydrogens is 392 g/mol. The highest BCUT2D eigenvalue weighted by Crippen LogP contribution is 2.39. The summed E-state index contributed by atoms with van der Waals surface area (Å²) in [5.74, 6) is 0.993. The van der Waals surface area contributed by atoms with Gasteiger partial charge in [-0.15, -0.1) is 0 Å². The Hall–Kier alpha value is -2.26. The van der Waals surface area contributed by atoms with E-state index in [4.69, 9.17) is 11.6 Å². The fourth-order valence-electron chi connectivity index (χ4n) is 5.76. The minimum Gasteiger partial charge on any atom is -0.361 e. The fourth-order valence-corrected chi connectivity index (χ4v) is 6.04. The number of fused-ring (bicyclic) bond motifs is 2. The SMILES string of the molecule is O=C(CC(c1ccccc1)c1c[nH]c2cccc(Cl)c12)N1CCCC2CCCCC21. The Morgan fingerprint density at radius 3 is 2.70 bits per heavy atom. The van der Waals surface area contributed by atoms with Gasteiger partial charge in [0.25, 0.3) is 0 Å². The Bertz CT molecular complexity index is 1030. The molecule has 4 heteroatoms. The van der Waals surface area contributed by atoms with Gasteiger partial charge in [-0.2, -0.15) is 0 Å². The molecule has 1 amide bonds. The van der Waals surface area contributed by atoms with Crippen molar-refractivity contribution in [3.8, 4) is 0 Å². The highest BCUT2D eigenvalue weighted by atomic mass is 35.5. The lowest BCUT2D eigenvalue weighted by molar-refractivity contribution is -0.137. The van der Waals surface area contributed by atoms with Crippen molar-refractivity contribution in [1.82, 2.24) is 9.88 Å². The first kappa shape index (κ1) is 19.7. The Labute approximate surface area is 183 Å². The van der Waals surface area contributed by atoms with Crippen molar-refractivity contribution < 1.29 is 4.79 Å². The van der Waals surface area contributed by atoms with Crippen molar-refractivity contribution in [2.24, 2.45) is 5.92 Å². The molecule has 0 bridgehead atoms. The molecule has 1 N–H and O–H groups in total. The quantitative estimate of drug-likeness (QED) is 0.512. The highest BCUT2D eigenvalue weighted by Gasteiger charge is 2.36. The number of carbonyl (C=O) groups is 1. The summed E-state index contributed by atoms with van der Waals surface area (Å²) < 4.78 is 0. The van der Waals surface area contributed by atoms with E-state index in [9.17, 15) is 4.79 Å². The maximum Gasteiger partial charge on any atom is 0.223 e. The van der Waals surface area contributed by atoms with E-state index in [1.165, 1.54) is 37.7 Å². The molecule has 156 valence electrons. The lowest BCUT2D eigenvalue weighted by Gasteiger charge is -2.44. The van der Waals surface area contributed by atoms with Crippen LogP contribution in [0.15, 0.2) is 54.7 Å². The van der Waals surface area contributed by atoms with Crippen LogP contribution in [0.1, 0.15) is 62.0 Å². The molecule has 0 spiro atoms. The molecule has 1 aromatic heterocycles. The first-order chi connectivity index (χ1) is 14.7. The molecule has 5 rings (SSSR count). The number of H-pyrrole nitrogens is 1. The Kier molecular flexibility index (Phi) is 5.56. The average molecular weight is 421 g/mol. The van der Waals surface area contributed by atoms with Gasteiger partial charge in [0.2, 0.25) is 5.91 Å². The summed E-state index contributed by atoms with van der Waals surface area (Å²) in [6.45, 7) is 0.913. The summed E-state index contributed by atoms with van der Waals surface area (Å²) in [5, 5.41) is 1.78. The highest BCUT2D eigenvalue weighted by molar-refractivity contribution is 6.35. The zero-order chi connectivity index (χ0) is 20.5. The minimum atomic E-state index is -0.00341. The Morgan fingerprint density at radius 1 is 1.03 bits per heavy atom. The van der Waals surface area contributed by atoms with E-state index in [1.54, 1.807) is 0 Å². The molecule has 3 aromatic rings. The van der Waals surface area contributed by atoms with E-state index >= 15 is 0 Å². The molecule has 1 aliphatic carbocycles. The predicted molar refractivity (Wildman–Crippen MR) is 123 cm³/mol. The minimum absolute atomic E-state index is 0.00341. The van der Waals surface area contributed by atoms with Gasteiger partial charge in [-0.1, -0.05) is 60.8 Å². The molecular formula is C26H29ClN2O. The van der Waals surface area contributed by atoms with Crippen LogP contribution >= 0.6 is 11.6 Å². The molecule has 3 atom stereocenters. The number of nitrogens with one attached hydrogen (secondary N) is 1. The van der Waals surface area contributed by atoms with Crippen molar-refractivity contribution in [3.05, 3.63) is 70.9 Å². The van der Waals surface area contributed by atoms with Gasteiger partial charge in [0.15, 0.2) is 0 Å². The smallest absolute Gasteiger partial charge is 0.223 e. The molecule has 2 fully saturated rings. The maximum atomic E-state index is 13.6. The van der Waals surface area contributed by atoms with Crippen LogP contribution in [0.25, 0.3) is 10.9 Å². The van der Waals surface area contributed by atoms with E-state index < -0.39 is 0 Å². The Morgan fingerprint density at radius 2 is 1.83 bits per heavy atom. The number of piperidine rings is 1. The number of likely N-dealkylation sites (tertiary alicyclic amines) is 1. The van der Waals surface area contributed by atoms with Crippen LogP contribution in [0.2, 0.25) is 5.02 Å². The van der Waals surface area contributed by atoms with Crippen LogP contribution in [-0.4, -0.2) is 28.4 Å². The molecule has 2 heterocycles. The van der Waals surface area contributed by atoms with Gasteiger partial charge in [-0.3, -0.25) is 4.79 Å². The molecule has 3 unspecified atom stereocenters. The third-order valence-corrected chi connectivity index (χ3v) is 7.52. The summed E-state index contributed by atoms with van der Waals surface area (Å²) in [5.41, 5.74) is 3.31. The van der Waals surface area contributed by atoms with Crippen molar-refractivity contribution in [2.45, 2.75) is 56.9 Å². The molecule has 30 heavy (non-hydrogen) atoms. The van der Waals surface area contributed by atoms with E-state index in [1.807, 2.05) is 30.5 Å². The van der Waals surface area contributed by atoms with Crippen LogP contribution in [0.4, 0.5) is 0 Å². The second-order valence-corrected chi connectivity index (χ2v) is 9.32. The Balaban J connectivity index is 1.49. The number of aromatic nitrogens is 1. The number of aromatic amines is 1. The summed E-state index contributed by atoms with van der Waals surface area (Å²) in [6.07, 6.45) is 10.00. The first-order valence-electron chi connectivity index (χ1n) is 11.3. The van der Waals surface area contributed by atoms with Crippen LogP contribution < -0.4 is 0 Å². The lowest BCUT2D eigenvalue weighted by Crippen LogP contribution is -2.49. The monoisotopic (exact) mass is 420 g/mol. The molecule has 2 aliphatic rings. The average Bonchev–Trinajstić information content (AvgIpc) is 3.23. The number of benzene rings is 2. The zero-order valence-electron chi connectivity index (χ0n) is 17.3. The number of amides is 1. The van der Waals surface area contributed by atoms with Gasteiger partial charge in [0.05, 0.1) is 5.02 Å². The standard InChI is InChI=1S/C26H29ClN2O/c27-22-12-6-13-23-26(22)21(17-28-23)20(18-8-2-1-3-9-18)16-25(30)29-15-7-11-19-10-4-5-14-24(19)29/h1-3,6,8-9,12-13,17,19-20,24,28H,4-5,7,10-11,14-16H2. The number of hydrogen-bond donors (Lipinski definition) is 1. The number of rotatable bonds is 4. The van der Waals surface area contributed by atoms with Gasteiger partial charge < -0.3 is 9.88 Å². The van der Waals surface area contributed by atoms with Gasteiger partial charge >= 0.3 is 0 Å². The van der Waals surface area contributed by atoms with Crippen molar-refractivity contribution >= 4 is 28.4 Å². The third kappa shape index (κ3) is 3.65. The number of carbonyl (C=O) groups excluding carboxylic acids is 1. The fraction of sp³-hybridized carbons (Fsp3) is 0.423. The van der Waals surface area contributed by atoms with Gasteiger partial charge in [-0.05, 0) is 54.9 Å². The van der Waals surface area contributed by atoms with Crippen LogP contribution in [0.5, 0.6) is 0 Å². The van der Waals surface area contributed by atoms with Crippen LogP contribution in [0.3, 0.4) is 0 Å². The second kappa shape index (κ2) is 8.47. The van der Waals surface area contributed by atoms with Crippen LogP contribution in [-0.2, 0) is 4.79 Å². The van der Waals surface area contributed by atoms with Crippen molar-refractivity contribution in [2.75, 3.05) is 6.54 Å². The van der Waals surface area contributed by atoms with E-state index in [0.29, 0.717) is 24.3 Å². The molecule has 0 radical (unpaired) electrons. The summed E-state index contributed by atoms with van der Waals surface area (Å²) >= 11 is 6.60. The van der Waals surface area contributed by atoms with Crippen molar-refractivity contribution in [3.63, 3.8) is 0 Å². The van der Waals surface area contributed by atoms with E-state index in [-0.39, 0.29) is 5.92 Å². The van der Waals surface area contributed by atoms with Gasteiger partial charge in [0, 0.05) is 42.0 Å². The molecule has 1 aliphatic heterocycles. The summed E-state index contributed by atoms with van der Waals surface area (Å²) in [6, 6.07) is 16.8. The normalized spacial score (nSPS) is 22.6. The zero-order valence-corrected chi connectivity index (χ0v) is 18.1. The summed E-state index contributed by atoms with van der Waals surface area (Å²) in [7, 11) is 0. The maximum absolute atomic E-state index is 13.6. The molecule has 1 saturated heterocycles. The molecule has 2 aromatic carbocycles. The number of nitrogens with zero attached hydrogens (tertiary/aromatic N) is 1. The largest absolute Gasteiger partial charge is 0.361 e. The number of hydrogen-bond acceptors (Lipinski definition) is 1. The van der Waals surface area contributed by atoms with E-state index in [0.717, 1.165) is 34.5 Å². The first-order valence-corrected chi connectivity index (χ1v) is 11.7. The van der Waals surface area contributed by atoms with Gasteiger partial charge in [-0.25, -0.2) is 0 Å². The van der Waals surface area contributed by atoms with Gasteiger partial charge in [0.1, 0.15) is 0 Å². The summed E-state index contributed by atoms with van der Waals surface area (Å²) in [4.78, 5) is 19.2. The topological polar surface area (TPSA) is 36.1 Å². The molecule has 3 nitrogen and oxygen atoms in total. The lowest BCUT2D eigenvalue weighted by atomic mass is 9.78.